The van der Waals surface area contributed by atoms with Crippen LogP contribution in [0.1, 0.15) is 15.2 Å². The molecule has 0 unspecified atom stereocenters. The van der Waals surface area contributed by atoms with Crippen LogP contribution < -0.4 is 4.90 Å². The summed E-state index contributed by atoms with van der Waals surface area (Å²) >= 11 is 1.53. The Morgan fingerprint density at radius 3 is 2.54 bits per heavy atom. The van der Waals surface area contributed by atoms with Crippen molar-refractivity contribution in [2.75, 3.05) is 31.2 Å². The van der Waals surface area contributed by atoms with E-state index in [9.17, 15) is 9.18 Å². The summed E-state index contributed by atoms with van der Waals surface area (Å²) in [5.74, 6) is -0.878. The molecule has 1 fully saturated rings. The summed E-state index contributed by atoms with van der Waals surface area (Å²) in [5.41, 5.74) is 1.87. The molecule has 0 amide bonds. The highest BCUT2D eigenvalue weighted by molar-refractivity contribution is 7.17. The zero-order valence-corrected chi connectivity index (χ0v) is 16.0. The van der Waals surface area contributed by atoms with E-state index >= 15 is 0 Å². The highest BCUT2D eigenvalue weighted by Crippen LogP contribution is 2.34. The number of anilines is 1. The van der Waals surface area contributed by atoms with E-state index in [-0.39, 0.29) is 11.3 Å². The number of carbonyl (C=O) groups excluding carboxylic acids is 1. The molecule has 4 nitrogen and oxygen atoms in total. The predicted molar refractivity (Wildman–Crippen MR) is 110 cm³/mol. The zero-order chi connectivity index (χ0) is 19.3. The van der Waals surface area contributed by atoms with Crippen LogP contribution in [0, 0.1) is 5.82 Å². The molecule has 4 rings (SSSR count). The Kier molecular flexibility index (Phi) is 5.60. The third-order valence-corrected chi connectivity index (χ3v) is 5.58. The first-order valence-corrected chi connectivity index (χ1v) is 9.90. The van der Waals surface area contributed by atoms with Gasteiger partial charge in [0.1, 0.15) is 5.82 Å². The van der Waals surface area contributed by atoms with E-state index in [0.29, 0.717) is 13.2 Å². The van der Waals surface area contributed by atoms with Gasteiger partial charge in [-0.15, -0.1) is 0 Å². The number of ketones is 1. The van der Waals surface area contributed by atoms with Crippen molar-refractivity contribution in [3.8, 4) is 11.3 Å². The zero-order valence-electron chi connectivity index (χ0n) is 15.2. The number of nitrogens with zero attached hydrogens (tertiary/aromatic N) is 2. The maximum atomic E-state index is 13.9. The van der Waals surface area contributed by atoms with Crippen molar-refractivity contribution in [1.29, 1.82) is 0 Å². The van der Waals surface area contributed by atoms with Gasteiger partial charge in [0.15, 0.2) is 10.9 Å². The Morgan fingerprint density at radius 2 is 1.79 bits per heavy atom. The van der Waals surface area contributed by atoms with Gasteiger partial charge < -0.3 is 9.64 Å². The number of morpholine rings is 1. The van der Waals surface area contributed by atoms with Crippen LogP contribution in [0.25, 0.3) is 17.3 Å². The molecular formula is C22H19FN2O2S. The van der Waals surface area contributed by atoms with E-state index in [4.69, 9.17) is 9.72 Å². The van der Waals surface area contributed by atoms with Gasteiger partial charge in [-0.25, -0.2) is 9.37 Å². The Bertz CT molecular complexity index is 995. The lowest BCUT2D eigenvalue weighted by atomic mass is 10.1. The summed E-state index contributed by atoms with van der Waals surface area (Å²) in [6, 6.07) is 15.9. The number of rotatable bonds is 5. The van der Waals surface area contributed by atoms with Gasteiger partial charge in [0, 0.05) is 18.7 Å². The first kappa shape index (κ1) is 18.5. The Labute approximate surface area is 166 Å². The van der Waals surface area contributed by atoms with Gasteiger partial charge in [0.05, 0.1) is 29.3 Å². The fourth-order valence-electron chi connectivity index (χ4n) is 3.03. The van der Waals surface area contributed by atoms with Gasteiger partial charge in [0.25, 0.3) is 0 Å². The fourth-order valence-corrected chi connectivity index (χ4v) is 4.07. The molecule has 6 heteroatoms. The van der Waals surface area contributed by atoms with Crippen LogP contribution in [0.15, 0.2) is 60.7 Å². The fraction of sp³-hybridized carbons (Fsp3) is 0.182. The molecule has 3 aromatic rings. The van der Waals surface area contributed by atoms with Crippen molar-refractivity contribution in [2.45, 2.75) is 0 Å². The molecule has 0 atom stereocenters. The van der Waals surface area contributed by atoms with E-state index < -0.39 is 5.82 Å². The third kappa shape index (κ3) is 4.03. The summed E-state index contributed by atoms with van der Waals surface area (Å²) in [4.78, 5) is 20.3. The van der Waals surface area contributed by atoms with Crippen molar-refractivity contribution in [3.63, 3.8) is 0 Å². The Hall–Kier alpha value is -2.83. The highest BCUT2D eigenvalue weighted by Gasteiger charge is 2.19. The second-order valence-corrected chi connectivity index (χ2v) is 7.36. The molecule has 1 saturated heterocycles. The number of allylic oxidation sites excluding steroid dienone is 1. The second kappa shape index (κ2) is 8.46. The van der Waals surface area contributed by atoms with Crippen LogP contribution in [0.2, 0.25) is 0 Å². The maximum Gasteiger partial charge on any atom is 0.188 e. The highest BCUT2D eigenvalue weighted by atomic mass is 32.1. The monoisotopic (exact) mass is 394 g/mol. The molecular weight excluding hydrogens is 375 g/mol. The number of carbonyl (C=O) groups is 1. The van der Waals surface area contributed by atoms with Gasteiger partial charge in [-0.1, -0.05) is 53.8 Å². The minimum Gasteiger partial charge on any atom is -0.378 e. The summed E-state index contributed by atoms with van der Waals surface area (Å²) in [7, 11) is 0. The minimum absolute atomic E-state index is 0.0675. The van der Waals surface area contributed by atoms with Crippen molar-refractivity contribution in [3.05, 3.63) is 76.9 Å². The van der Waals surface area contributed by atoms with Crippen molar-refractivity contribution < 1.29 is 13.9 Å². The number of ether oxygens (including phenoxy) is 1. The molecule has 0 saturated carbocycles. The number of halogens is 1. The first-order valence-electron chi connectivity index (χ1n) is 9.08. The molecule has 142 valence electrons. The van der Waals surface area contributed by atoms with Crippen LogP contribution in [0.5, 0.6) is 0 Å². The standard InChI is InChI=1S/C22H19FN2O2S/c23-18-9-5-4-8-17(18)19(26)10-11-20-21(16-6-2-1-3-7-16)24-22(28-20)25-12-14-27-15-13-25/h1-11H,12-15H2/b11-10+. The number of aromatic nitrogens is 1. The number of hydrogen-bond acceptors (Lipinski definition) is 5. The van der Waals surface area contributed by atoms with Gasteiger partial charge >= 0.3 is 0 Å². The lowest BCUT2D eigenvalue weighted by Crippen LogP contribution is -2.36. The summed E-state index contributed by atoms with van der Waals surface area (Å²) < 4.78 is 19.3. The topological polar surface area (TPSA) is 42.4 Å². The van der Waals surface area contributed by atoms with E-state index in [2.05, 4.69) is 4.90 Å². The van der Waals surface area contributed by atoms with Crippen LogP contribution in [0.3, 0.4) is 0 Å². The van der Waals surface area contributed by atoms with Gasteiger partial charge in [0.2, 0.25) is 0 Å². The summed E-state index contributed by atoms with van der Waals surface area (Å²) in [5, 5.41) is 0.903. The molecule has 1 aliphatic rings. The molecule has 1 aliphatic heterocycles. The van der Waals surface area contributed by atoms with Crippen LogP contribution in [-0.4, -0.2) is 37.1 Å². The Balaban J connectivity index is 1.67. The van der Waals surface area contributed by atoms with E-state index in [1.54, 1.807) is 18.2 Å². The van der Waals surface area contributed by atoms with Gasteiger partial charge in [-0.05, 0) is 24.3 Å². The molecule has 0 aliphatic carbocycles. The summed E-state index contributed by atoms with van der Waals surface area (Å²) in [6.45, 7) is 2.94. The van der Waals surface area contributed by atoms with E-state index in [1.807, 2.05) is 30.3 Å². The van der Waals surface area contributed by atoms with E-state index in [0.717, 1.165) is 34.4 Å². The van der Waals surface area contributed by atoms with Crippen LogP contribution in [0.4, 0.5) is 9.52 Å². The van der Waals surface area contributed by atoms with Gasteiger partial charge in [-0.2, -0.15) is 0 Å². The molecule has 0 N–H and O–H groups in total. The first-order chi connectivity index (χ1) is 13.7. The average Bonchev–Trinajstić information content (AvgIpc) is 3.18. The molecule has 1 aromatic heterocycles. The normalized spacial score (nSPS) is 14.5. The molecule has 2 heterocycles. The SMILES string of the molecule is O=C(/C=C/c1sc(N2CCOCC2)nc1-c1ccccc1)c1ccccc1F. The lowest BCUT2D eigenvalue weighted by molar-refractivity contribution is 0.104. The molecule has 2 aromatic carbocycles. The Morgan fingerprint density at radius 1 is 1.07 bits per heavy atom. The van der Waals surface area contributed by atoms with Crippen molar-refractivity contribution in [1.82, 2.24) is 4.98 Å². The van der Waals surface area contributed by atoms with E-state index in [1.165, 1.54) is 29.5 Å². The molecule has 28 heavy (non-hydrogen) atoms. The number of benzene rings is 2. The average molecular weight is 394 g/mol. The lowest BCUT2D eigenvalue weighted by Gasteiger charge is -2.26. The molecule has 0 bridgehead atoms. The van der Waals surface area contributed by atoms with Gasteiger partial charge in [-0.3, -0.25) is 4.79 Å². The van der Waals surface area contributed by atoms with Crippen molar-refractivity contribution in [2.24, 2.45) is 0 Å². The second-order valence-electron chi connectivity index (χ2n) is 6.35. The quantitative estimate of drug-likeness (QED) is 0.465. The number of thiazole rings is 1. The summed E-state index contributed by atoms with van der Waals surface area (Å²) in [6.07, 6.45) is 3.15. The maximum absolute atomic E-state index is 13.9. The molecule has 0 spiro atoms. The molecule has 0 radical (unpaired) electrons. The van der Waals surface area contributed by atoms with Crippen LogP contribution in [-0.2, 0) is 4.74 Å². The minimum atomic E-state index is -0.515. The van der Waals surface area contributed by atoms with Crippen molar-refractivity contribution >= 4 is 28.3 Å². The third-order valence-electron chi connectivity index (χ3n) is 4.50. The number of hydrogen-bond donors (Lipinski definition) is 0. The predicted octanol–water partition coefficient (Wildman–Crippen LogP) is 4.68. The largest absolute Gasteiger partial charge is 0.378 e. The van der Waals surface area contributed by atoms with Crippen LogP contribution >= 0.6 is 11.3 Å². The smallest absolute Gasteiger partial charge is 0.188 e.